The first-order valence-corrected chi connectivity index (χ1v) is 7.55. The zero-order valence-corrected chi connectivity index (χ0v) is 11.7. The van der Waals surface area contributed by atoms with Crippen LogP contribution in [0, 0.1) is 0 Å². The van der Waals surface area contributed by atoms with Crippen molar-refractivity contribution in [3.05, 3.63) is 0 Å². The van der Waals surface area contributed by atoms with E-state index < -0.39 is 0 Å². The molecule has 1 aliphatic rings. The summed E-state index contributed by atoms with van der Waals surface area (Å²) in [7, 11) is 0. The quantitative estimate of drug-likeness (QED) is 0.660. The molecule has 0 radical (unpaired) electrons. The second-order valence-corrected chi connectivity index (χ2v) is 5.47. The second kappa shape index (κ2) is 8.11. The zero-order chi connectivity index (χ0) is 11.8. The van der Waals surface area contributed by atoms with Crippen LogP contribution in [0.1, 0.15) is 78.6 Å². The van der Waals surface area contributed by atoms with E-state index in [0.29, 0.717) is 0 Å². The molecule has 1 atom stereocenters. The second-order valence-electron chi connectivity index (χ2n) is 5.47. The van der Waals surface area contributed by atoms with Crippen molar-refractivity contribution >= 4 is 0 Å². The molecule has 96 valence electrons. The maximum Gasteiger partial charge on any atom is 0.00979 e. The van der Waals surface area contributed by atoms with Crippen LogP contribution < -0.4 is 0 Å². The average Bonchev–Trinajstić information content (AvgIpc) is 2.22. The van der Waals surface area contributed by atoms with Crippen LogP contribution in [0.15, 0.2) is 0 Å². The van der Waals surface area contributed by atoms with Crippen molar-refractivity contribution < 1.29 is 0 Å². The summed E-state index contributed by atoms with van der Waals surface area (Å²) in [6, 6.07) is 1.67. The van der Waals surface area contributed by atoms with E-state index in [1.54, 1.807) is 0 Å². The Hall–Kier alpha value is -0.0400. The lowest BCUT2D eigenvalue weighted by Crippen LogP contribution is -2.42. The van der Waals surface area contributed by atoms with E-state index in [1.807, 2.05) is 0 Å². The van der Waals surface area contributed by atoms with Crippen molar-refractivity contribution in [3.8, 4) is 0 Å². The lowest BCUT2D eigenvalue weighted by molar-refractivity contribution is 0.121. The van der Waals surface area contributed by atoms with Crippen LogP contribution in [0.25, 0.3) is 0 Å². The fourth-order valence-electron chi connectivity index (χ4n) is 3.28. The maximum absolute atomic E-state index is 2.77. The highest BCUT2D eigenvalue weighted by Crippen LogP contribution is 2.23. The number of hydrogen-bond acceptors (Lipinski definition) is 1. The summed E-state index contributed by atoms with van der Waals surface area (Å²) in [5.41, 5.74) is 0. The van der Waals surface area contributed by atoms with Gasteiger partial charge >= 0.3 is 0 Å². The van der Waals surface area contributed by atoms with Crippen molar-refractivity contribution in [2.24, 2.45) is 0 Å². The van der Waals surface area contributed by atoms with Crippen LogP contribution in [0.5, 0.6) is 0 Å². The summed E-state index contributed by atoms with van der Waals surface area (Å²) >= 11 is 0. The molecule has 0 amide bonds. The SMILES string of the molecule is CCC[C@H](C)N(CC)C1CCCCCCC1. The Morgan fingerprint density at radius 2 is 1.56 bits per heavy atom. The molecule has 1 rings (SSSR count). The minimum atomic E-state index is 0.791. The molecule has 0 aliphatic heterocycles. The minimum absolute atomic E-state index is 0.791. The van der Waals surface area contributed by atoms with Gasteiger partial charge in [-0.15, -0.1) is 0 Å². The van der Waals surface area contributed by atoms with E-state index in [0.717, 1.165) is 12.1 Å². The molecule has 0 aromatic rings. The van der Waals surface area contributed by atoms with E-state index in [-0.39, 0.29) is 0 Å². The highest BCUT2D eigenvalue weighted by atomic mass is 15.2. The van der Waals surface area contributed by atoms with Gasteiger partial charge in [0.2, 0.25) is 0 Å². The third-order valence-corrected chi connectivity index (χ3v) is 4.18. The van der Waals surface area contributed by atoms with Gasteiger partial charge in [0.05, 0.1) is 0 Å². The molecule has 0 aromatic carbocycles. The molecule has 16 heavy (non-hydrogen) atoms. The van der Waals surface area contributed by atoms with Gasteiger partial charge in [0.25, 0.3) is 0 Å². The first kappa shape index (κ1) is 14.0. The monoisotopic (exact) mass is 225 g/mol. The molecule has 0 spiro atoms. The van der Waals surface area contributed by atoms with Gasteiger partial charge in [-0.3, -0.25) is 4.90 Å². The fraction of sp³-hybridized carbons (Fsp3) is 1.00. The van der Waals surface area contributed by atoms with Gasteiger partial charge in [-0.1, -0.05) is 52.4 Å². The Labute approximate surface area is 103 Å². The minimum Gasteiger partial charge on any atom is -0.298 e. The van der Waals surface area contributed by atoms with E-state index in [4.69, 9.17) is 0 Å². The largest absolute Gasteiger partial charge is 0.298 e. The van der Waals surface area contributed by atoms with Crippen LogP contribution in [-0.4, -0.2) is 23.5 Å². The number of nitrogens with zero attached hydrogens (tertiary/aromatic N) is 1. The van der Waals surface area contributed by atoms with Crippen LogP contribution >= 0.6 is 0 Å². The highest BCUT2D eigenvalue weighted by molar-refractivity contribution is 4.77. The molecule has 0 N–H and O–H groups in total. The van der Waals surface area contributed by atoms with Crippen molar-refractivity contribution in [3.63, 3.8) is 0 Å². The van der Waals surface area contributed by atoms with Crippen molar-refractivity contribution in [2.75, 3.05) is 6.54 Å². The van der Waals surface area contributed by atoms with Gasteiger partial charge in [-0.05, 0) is 32.7 Å². The fourth-order valence-corrected chi connectivity index (χ4v) is 3.28. The smallest absolute Gasteiger partial charge is 0.00979 e. The van der Waals surface area contributed by atoms with Crippen molar-refractivity contribution in [1.29, 1.82) is 0 Å². The van der Waals surface area contributed by atoms with E-state index >= 15 is 0 Å². The Morgan fingerprint density at radius 1 is 1.00 bits per heavy atom. The van der Waals surface area contributed by atoms with E-state index in [2.05, 4.69) is 25.7 Å². The number of rotatable bonds is 5. The predicted molar refractivity (Wildman–Crippen MR) is 72.9 cm³/mol. The van der Waals surface area contributed by atoms with Crippen LogP contribution in [0.3, 0.4) is 0 Å². The average molecular weight is 225 g/mol. The molecule has 1 aliphatic carbocycles. The van der Waals surface area contributed by atoms with Crippen LogP contribution in [-0.2, 0) is 0 Å². The summed E-state index contributed by atoms with van der Waals surface area (Å²) in [6.45, 7) is 8.31. The summed E-state index contributed by atoms with van der Waals surface area (Å²) < 4.78 is 0. The van der Waals surface area contributed by atoms with Crippen LogP contribution in [0.2, 0.25) is 0 Å². The molecule has 1 heteroatoms. The summed E-state index contributed by atoms with van der Waals surface area (Å²) in [6.07, 6.45) is 12.9. The topological polar surface area (TPSA) is 3.24 Å². The van der Waals surface area contributed by atoms with Gasteiger partial charge < -0.3 is 0 Å². The summed E-state index contributed by atoms with van der Waals surface area (Å²) in [5.74, 6) is 0. The van der Waals surface area contributed by atoms with Crippen LogP contribution in [0.4, 0.5) is 0 Å². The van der Waals surface area contributed by atoms with Crippen molar-refractivity contribution in [2.45, 2.75) is 90.6 Å². The predicted octanol–water partition coefficient (Wildman–Crippen LogP) is 4.61. The first-order valence-electron chi connectivity index (χ1n) is 7.55. The molecule has 0 aromatic heterocycles. The lowest BCUT2D eigenvalue weighted by atomic mass is 9.94. The van der Waals surface area contributed by atoms with Gasteiger partial charge in [-0.25, -0.2) is 0 Å². The summed E-state index contributed by atoms with van der Waals surface area (Å²) in [5, 5.41) is 0. The Morgan fingerprint density at radius 3 is 2.06 bits per heavy atom. The third-order valence-electron chi connectivity index (χ3n) is 4.18. The zero-order valence-electron chi connectivity index (χ0n) is 11.7. The molecular formula is C15H31N. The van der Waals surface area contributed by atoms with Gasteiger partial charge in [0.1, 0.15) is 0 Å². The molecule has 0 bridgehead atoms. The number of hydrogen-bond donors (Lipinski definition) is 0. The lowest BCUT2D eigenvalue weighted by Gasteiger charge is -2.36. The molecule has 1 nitrogen and oxygen atoms in total. The standard InChI is InChI=1S/C15H31N/c1-4-11-14(3)16(5-2)15-12-9-7-6-8-10-13-15/h14-15H,4-13H2,1-3H3/t14-/m0/s1. The molecule has 0 heterocycles. The molecular weight excluding hydrogens is 194 g/mol. The molecule has 0 saturated heterocycles. The Bertz CT molecular complexity index is 159. The maximum atomic E-state index is 2.77. The Balaban J connectivity index is 2.47. The third kappa shape index (κ3) is 4.45. The van der Waals surface area contributed by atoms with Crippen molar-refractivity contribution in [1.82, 2.24) is 4.90 Å². The Kier molecular flexibility index (Phi) is 7.11. The normalized spacial score (nSPS) is 21.8. The van der Waals surface area contributed by atoms with Gasteiger partial charge in [0, 0.05) is 12.1 Å². The first-order chi connectivity index (χ1) is 7.79. The van der Waals surface area contributed by atoms with Gasteiger partial charge in [0.15, 0.2) is 0 Å². The van der Waals surface area contributed by atoms with E-state index in [9.17, 15) is 0 Å². The molecule has 0 unspecified atom stereocenters. The molecule has 1 fully saturated rings. The molecule has 1 saturated carbocycles. The van der Waals surface area contributed by atoms with Gasteiger partial charge in [-0.2, -0.15) is 0 Å². The van der Waals surface area contributed by atoms with E-state index in [1.165, 1.54) is 64.3 Å². The summed E-state index contributed by atoms with van der Waals surface area (Å²) in [4.78, 5) is 2.77. The highest BCUT2D eigenvalue weighted by Gasteiger charge is 2.21.